The minimum absolute atomic E-state index is 0.805. The van der Waals surface area contributed by atoms with Crippen LogP contribution in [0.2, 0.25) is 0 Å². The van der Waals surface area contributed by atoms with Crippen LogP contribution in [0, 0.1) is 0 Å². The van der Waals surface area contributed by atoms with E-state index in [0.29, 0.717) is 0 Å². The van der Waals surface area contributed by atoms with Gasteiger partial charge in [0.2, 0.25) is 5.82 Å². The maximum atomic E-state index is 4.59. The number of rotatable bonds is 1. The molecule has 0 saturated heterocycles. The SMILES string of the molecule is C[n+]1c2n(c3c4ccncc4n(-c4ccccc4)c31)Cc1ncccc1-2. The van der Waals surface area contributed by atoms with E-state index in [0.717, 1.165) is 23.4 Å². The lowest BCUT2D eigenvalue weighted by molar-refractivity contribution is -0.636. The summed E-state index contributed by atoms with van der Waals surface area (Å²) in [5.41, 5.74) is 7.04. The van der Waals surface area contributed by atoms with E-state index >= 15 is 0 Å². The molecule has 124 valence electrons. The first-order chi connectivity index (χ1) is 12.8. The van der Waals surface area contributed by atoms with Crippen LogP contribution in [0.4, 0.5) is 0 Å². The first-order valence-electron chi connectivity index (χ1n) is 8.71. The molecule has 0 bridgehead atoms. The lowest BCUT2D eigenvalue weighted by atomic mass is 10.2. The minimum Gasteiger partial charge on any atom is -0.261 e. The molecule has 1 aliphatic rings. The zero-order valence-corrected chi connectivity index (χ0v) is 14.3. The molecule has 5 nitrogen and oxygen atoms in total. The summed E-state index contributed by atoms with van der Waals surface area (Å²) < 4.78 is 6.98. The number of hydrogen-bond donors (Lipinski definition) is 0. The topological polar surface area (TPSA) is 39.5 Å². The van der Waals surface area contributed by atoms with Gasteiger partial charge in [-0.2, -0.15) is 0 Å². The second-order valence-corrected chi connectivity index (χ2v) is 6.70. The van der Waals surface area contributed by atoms with Crippen molar-refractivity contribution in [3.8, 4) is 17.1 Å². The van der Waals surface area contributed by atoms with Crippen molar-refractivity contribution >= 4 is 22.1 Å². The van der Waals surface area contributed by atoms with Gasteiger partial charge in [0.05, 0.1) is 29.9 Å². The van der Waals surface area contributed by atoms with Crippen molar-refractivity contribution in [3.05, 3.63) is 72.8 Å². The second kappa shape index (κ2) is 4.79. The van der Waals surface area contributed by atoms with Crippen molar-refractivity contribution in [2.75, 3.05) is 0 Å². The highest BCUT2D eigenvalue weighted by molar-refractivity contribution is 6.05. The Kier molecular flexibility index (Phi) is 2.54. The van der Waals surface area contributed by atoms with Gasteiger partial charge in [-0.3, -0.25) is 9.97 Å². The van der Waals surface area contributed by atoms with Gasteiger partial charge in [-0.05, 0) is 30.3 Å². The molecule has 6 rings (SSSR count). The van der Waals surface area contributed by atoms with E-state index in [4.69, 9.17) is 0 Å². The maximum Gasteiger partial charge on any atom is 0.274 e. The van der Waals surface area contributed by atoms with E-state index in [2.05, 4.69) is 67.1 Å². The number of imidazole rings is 1. The van der Waals surface area contributed by atoms with Gasteiger partial charge in [0, 0.05) is 12.4 Å². The number of aryl methyl sites for hydroxylation is 1. The molecule has 1 aromatic carbocycles. The number of fused-ring (bicyclic) bond motifs is 7. The summed E-state index contributed by atoms with van der Waals surface area (Å²) in [5.74, 6) is 1.21. The molecule has 0 radical (unpaired) electrons. The van der Waals surface area contributed by atoms with Crippen molar-refractivity contribution in [2.24, 2.45) is 7.05 Å². The fourth-order valence-corrected chi connectivity index (χ4v) is 4.30. The van der Waals surface area contributed by atoms with E-state index in [-0.39, 0.29) is 0 Å². The van der Waals surface area contributed by atoms with Crippen molar-refractivity contribution in [1.29, 1.82) is 0 Å². The van der Waals surface area contributed by atoms with Crippen molar-refractivity contribution in [3.63, 3.8) is 0 Å². The molecule has 0 amide bonds. The second-order valence-electron chi connectivity index (χ2n) is 6.70. The predicted molar refractivity (Wildman–Crippen MR) is 100 cm³/mol. The van der Waals surface area contributed by atoms with E-state index in [1.807, 2.05) is 30.7 Å². The Balaban J connectivity index is 1.83. The predicted octanol–water partition coefficient (Wildman–Crippen LogP) is 3.23. The summed E-state index contributed by atoms with van der Waals surface area (Å²) in [6.45, 7) is 0.805. The van der Waals surface area contributed by atoms with E-state index in [9.17, 15) is 0 Å². The van der Waals surface area contributed by atoms with Crippen LogP contribution >= 0.6 is 0 Å². The quantitative estimate of drug-likeness (QED) is 0.432. The Hall–Kier alpha value is -3.47. The summed E-state index contributed by atoms with van der Waals surface area (Å²) in [5, 5.41) is 1.22. The molecule has 1 aliphatic heterocycles. The number of benzene rings is 1. The molecule has 0 N–H and O–H groups in total. The number of nitrogens with zero attached hydrogens (tertiary/aromatic N) is 5. The van der Waals surface area contributed by atoms with E-state index in [1.54, 1.807) is 0 Å². The Bertz CT molecular complexity index is 1310. The molecule has 5 aromatic rings. The Morgan fingerprint density at radius 2 is 1.88 bits per heavy atom. The van der Waals surface area contributed by atoms with Crippen molar-refractivity contribution < 1.29 is 4.57 Å². The zero-order chi connectivity index (χ0) is 17.3. The van der Waals surface area contributed by atoms with Gasteiger partial charge < -0.3 is 0 Å². The van der Waals surface area contributed by atoms with Gasteiger partial charge in [-0.1, -0.05) is 18.2 Å². The van der Waals surface area contributed by atoms with Crippen molar-refractivity contribution in [1.82, 2.24) is 19.1 Å². The largest absolute Gasteiger partial charge is 0.274 e. The maximum absolute atomic E-state index is 4.59. The van der Waals surface area contributed by atoms with E-state index in [1.165, 1.54) is 27.9 Å². The highest BCUT2D eigenvalue weighted by Gasteiger charge is 2.35. The molecule has 5 heteroatoms. The number of pyridine rings is 2. The van der Waals surface area contributed by atoms with Gasteiger partial charge in [0.25, 0.3) is 5.65 Å². The van der Waals surface area contributed by atoms with Crippen LogP contribution in [0.3, 0.4) is 0 Å². The van der Waals surface area contributed by atoms with Gasteiger partial charge in [0.15, 0.2) is 5.52 Å². The molecule has 0 spiro atoms. The minimum atomic E-state index is 0.805. The molecule has 0 aliphatic carbocycles. The molecule has 4 aromatic heterocycles. The molecule has 0 unspecified atom stereocenters. The first-order valence-corrected chi connectivity index (χ1v) is 8.71. The fourth-order valence-electron chi connectivity index (χ4n) is 4.30. The van der Waals surface area contributed by atoms with E-state index < -0.39 is 0 Å². The summed E-state index contributed by atoms with van der Waals surface area (Å²) in [6, 6.07) is 16.8. The number of para-hydroxylation sites is 1. The third-order valence-corrected chi connectivity index (χ3v) is 5.33. The summed E-state index contributed by atoms with van der Waals surface area (Å²) in [4.78, 5) is 8.97. The normalized spacial score (nSPS) is 12.7. The van der Waals surface area contributed by atoms with Crippen molar-refractivity contribution in [2.45, 2.75) is 6.54 Å². The average Bonchev–Trinajstić information content (AvgIpc) is 3.31. The molecule has 0 fully saturated rings. The summed E-state index contributed by atoms with van der Waals surface area (Å²) >= 11 is 0. The Morgan fingerprint density at radius 1 is 1.00 bits per heavy atom. The monoisotopic (exact) mass is 338 g/mol. The van der Waals surface area contributed by atoms with Crippen LogP contribution < -0.4 is 4.57 Å². The Morgan fingerprint density at radius 3 is 2.77 bits per heavy atom. The Labute approximate surface area is 149 Å². The van der Waals surface area contributed by atoms with Gasteiger partial charge in [-0.25, -0.2) is 13.7 Å². The molecule has 0 atom stereocenters. The number of hydrogen-bond acceptors (Lipinski definition) is 2. The number of aromatic nitrogens is 5. The molecular formula is C21H16N5+. The molecule has 26 heavy (non-hydrogen) atoms. The molecule has 0 saturated carbocycles. The third-order valence-electron chi connectivity index (χ3n) is 5.33. The van der Waals surface area contributed by atoms with Crippen LogP contribution in [0.1, 0.15) is 5.69 Å². The van der Waals surface area contributed by atoms with Crippen LogP contribution in [0.25, 0.3) is 39.1 Å². The highest BCUT2D eigenvalue weighted by Crippen LogP contribution is 2.37. The fraction of sp³-hybridized carbons (Fsp3) is 0.0952. The van der Waals surface area contributed by atoms with Crippen LogP contribution in [-0.2, 0) is 13.6 Å². The van der Waals surface area contributed by atoms with Crippen LogP contribution in [0.5, 0.6) is 0 Å². The zero-order valence-electron chi connectivity index (χ0n) is 14.3. The van der Waals surface area contributed by atoms with Gasteiger partial charge in [-0.15, -0.1) is 0 Å². The summed E-state index contributed by atoms with van der Waals surface area (Å²) in [7, 11) is 2.14. The lowest BCUT2D eigenvalue weighted by Gasteiger charge is -2.03. The highest BCUT2D eigenvalue weighted by atomic mass is 15.2. The smallest absolute Gasteiger partial charge is 0.261 e. The lowest BCUT2D eigenvalue weighted by Crippen LogP contribution is -2.31. The third kappa shape index (κ3) is 1.57. The molecule has 5 heterocycles. The van der Waals surface area contributed by atoms with Gasteiger partial charge in [0.1, 0.15) is 17.7 Å². The average molecular weight is 338 g/mol. The first kappa shape index (κ1) is 13.8. The van der Waals surface area contributed by atoms with Gasteiger partial charge >= 0.3 is 0 Å². The standard InChI is InChI=1S/C21H16N5/c1-24-20-15-8-5-10-23-17(15)13-25(20)19-16-9-11-22-12-18(16)26(21(19)24)14-6-3-2-4-7-14/h2-12H,13H2,1H3/q+1. The molecular weight excluding hydrogens is 322 g/mol. The summed E-state index contributed by atoms with van der Waals surface area (Å²) in [6.07, 6.45) is 5.70. The van der Waals surface area contributed by atoms with Crippen LogP contribution in [0.15, 0.2) is 67.1 Å². The van der Waals surface area contributed by atoms with Crippen LogP contribution in [-0.4, -0.2) is 19.1 Å².